The number of ether oxygens (including phenoxy) is 2. The Hall–Kier alpha value is -3.13. The molecule has 0 unspecified atom stereocenters. The predicted molar refractivity (Wildman–Crippen MR) is 104 cm³/mol. The summed E-state index contributed by atoms with van der Waals surface area (Å²) in [6.07, 6.45) is 2.81. The minimum atomic E-state index is -0.688. The lowest BCUT2D eigenvalue weighted by molar-refractivity contribution is 0.0724. The van der Waals surface area contributed by atoms with E-state index in [1.807, 2.05) is 13.8 Å². The first kappa shape index (κ1) is 19.6. The summed E-state index contributed by atoms with van der Waals surface area (Å²) in [4.78, 5) is 33.1. The molecule has 0 saturated heterocycles. The van der Waals surface area contributed by atoms with E-state index in [1.54, 1.807) is 36.5 Å². The largest absolute Gasteiger partial charge is 0.493 e. The molecular weight excluding hydrogens is 380 g/mol. The van der Waals surface area contributed by atoms with Crippen LogP contribution in [0.5, 0.6) is 11.5 Å². The maximum Gasteiger partial charge on any atom is 0.347 e. The minimum absolute atomic E-state index is 0.183. The fraction of sp³-hybridized carbons (Fsp3) is 0.200. The van der Waals surface area contributed by atoms with Gasteiger partial charge < -0.3 is 13.9 Å². The van der Waals surface area contributed by atoms with Crippen molar-refractivity contribution in [3.05, 3.63) is 76.1 Å². The first-order valence-electron chi connectivity index (χ1n) is 8.55. The molecule has 2 aromatic heterocycles. The van der Waals surface area contributed by atoms with Crippen molar-refractivity contribution >= 4 is 17.7 Å². The molecule has 2 heterocycles. The van der Waals surface area contributed by atoms with Gasteiger partial charge in [-0.3, -0.25) is 4.79 Å². The molecule has 0 radical (unpaired) electrons. The molecule has 28 heavy (non-hydrogen) atoms. The van der Waals surface area contributed by atoms with Crippen molar-refractivity contribution in [3.63, 3.8) is 0 Å². The van der Waals surface area contributed by atoms with Gasteiger partial charge in [-0.15, -0.1) is 0 Å². The lowest BCUT2D eigenvalue weighted by atomic mass is 10.2. The number of nitrogens with zero attached hydrogens (tertiary/aromatic N) is 2. The summed E-state index contributed by atoms with van der Waals surface area (Å²) in [6, 6.07) is 9.77. The smallest absolute Gasteiger partial charge is 0.347 e. The third-order valence-electron chi connectivity index (χ3n) is 3.58. The Kier molecular flexibility index (Phi) is 6.44. The Morgan fingerprint density at radius 3 is 2.79 bits per heavy atom. The van der Waals surface area contributed by atoms with Gasteiger partial charge in [0.2, 0.25) is 11.2 Å². The minimum Gasteiger partial charge on any atom is -0.493 e. The third kappa shape index (κ3) is 4.98. The molecular formula is C20H18N2O5S. The van der Waals surface area contributed by atoms with Crippen LogP contribution in [0.25, 0.3) is 0 Å². The van der Waals surface area contributed by atoms with E-state index in [4.69, 9.17) is 13.9 Å². The van der Waals surface area contributed by atoms with Crippen molar-refractivity contribution in [2.24, 2.45) is 0 Å². The van der Waals surface area contributed by atoms with Gasteiger partial charge in [0.15, 0.2) is 5.16 Å². The summed E-state index contributed by atoms with van der Waals surface area (Å²) in [5.41, 5.74) is 0.641. The van der Waals surface area contributed by atoms with Gasteiger partial charge in [0.25, 0.3) is 0 Å². The highest BCUT2D eigenvalue weighted by atomic mass is 32.2. The third-order valence-corrected chi connectivity index (χ3v) is 4.46. The highest BCUT2D eigenvalue weighted by Crippen LogP contribution is 2.21. The lowest BCUT2D eigenvalue weighted by Crippen LogP contribution is -2.15. The average Bonchev–Trinajstić information content (AvgIpc) is 2.69. The molecule has 7 nitrogen and oxygen atoms in total. The molecule has 8 heteroatoms. The molecule has 0 atom stereocenters. The van der Waals surface area contributed by atoms with Crippen molar-refractivity contribution in [2.45, 2.75) is 24.8 Å². The first-order valence-corrected chi connectivity index (χ1v) is 9.53. The molecule has 0 amide bonds. The average molecular weight is 398 g/mol. The zero-order valence-corrected chi connectivity index (χ0v) is 16.2. The van der Waals surface area contributed by atoms with Crippen LogP contribution in [0.4, 0.5) is 0 Å². The van der Waals surface area contributed by atoms with E-state index in [0.29, 0.717) is 29.0 Å². The van der Waals surface area contributed by atoms with Gasteiger partial charge in [-0.25, -0.2) is 14.8 Å². The topological polar surface area (TPSA) is 91.5 Å². The van der Waals surface area contributed by atoms with Crippen LogP contribution in [-0.2, 0) is 5.75 Å². The van der Waals surface area contributed by atoms with Gasteiger partial charge in [0, 0.05) is 18.0 Å². The number of benzene rings is 1. The quantitative estimate of drug-likeness (QED) is 0.338. The van der Waals surface area contributed by atoms with Crippen LogP contribution in [0.1, 0.15) is 28.7 Å². The van der Waals surface area contributed by atoms with E-state index in [0.717, 1.165) is 12.0 Å². The molecule has 0 aliphatic carbocycles. The van der Waals surface area contributed by atoms with Gasteiger partial charge in [-0.2, -0.15) is 0 Å². The number of thioether (sulfide) groups is 1. The highest BCUT2D eigenvalue weighted by molar-refractivity contribution is 7.98. The summed E-state index contributed by atoms with van der Waals surface area (Å²) >= 11 is 1.34. The Labute approximate surface area is 165 Å². The predicted octanol–water partition coefficient (Wildman–Crippen LogP) is 3.65. The SMILES string of the molecule is CCOc1ccccc1C(=O)Oc1coc(CSc2nccc(C)n2)cc1=O. The fourth-order valence-corrected chi connectivity index (χ4v) is 3.06. The van der Waals surface area contributed by atoms with Crippen molar-refractivity contribution < 1.29 is 18.7 Å². The standard InChI is InChI=1S/C20H18N2O5S/c1-3-25-17-7-5-4-6-15(17)19(24)27-18-11-26-14(10-16(18)23)12-28-20-21-9-8-13(2)22-20/h4-11H,3,12H2,1-2H3. The molecule has 0 bridgehead atoms. The number of rotatable bonds is 7. The van der Waals surface area contributed by atoms with Crippen LogP contribution in [0.3, 0.4) is 0 Å². The summed E-state index contributed by atoms with van der Waals surface area (Å²) in [5.74, 6) is 0.323. The highest BCUT2D eigenvalue weighted by Gasteiger charge is 2.17. The first-order chi connectivity index (χ1) is 13.6. The number of carbonyl (C=O) groups is 1. The van der Waals surface area contributed by atoms with Crippen LogP contribution in [0, 0.1) is 6.92 Å². The Balaban J connectivity index is 1.69. The molecule has 0 spiro atoms. The van der Waals surface area contributed by atoms with Crippen LogP contribution in [0.2, 0.25) is 0 Å². The van der Waals surface area contributed by atoms with E-state index in [1.165, 1.54) is 17.8 Å². The molecule has 3 aromatic rings. The van der Waals surface area contributed by atoms with Crippen LogP contribution < -0.4 is 14.9 Å². The van der Waals surface area contributed by atoms with Gasteiger partial charge in [-0.05, 0) is 32.0 Å². The van der Waals surface area contributed by atoms with E-state index in [2.05, 4.69) is 9.97 Å². The normalized spacial score (nSPS) is 10.5. The molecule has 3 rings (SSSR count). The maximum absolute atomic E-state index is 12.4. The molecule has 0 fully saturated rings. The fourth-order valence-electron chi connectivity index (χ4n) is 2.29. The molecule has 0 aliphatic rings. The van der Waals surface area contributed by atoms with E-state index < -0.39 is 11.4 Å². The second-order valence-electron chi connectivity index (χ2n) is 5.66. The second-order valence-corrected chi connectivity index (χ2v) is 6.61. The van der Waals surface area contributed by atoms with Gasteiger partial charge in [0.1, 0.15) is 23.3 Å². The van der Waals surface area contributed by atoms with Crippen LogP contribution in [-0.4, -0.2) is 22.5 Å². The van der Waals surface area contributed by atoms with Crippen molar-refractivity contribution in [1.29, 1.82) is 0 Å². The van der Waals surface area contributed by atoms with Gasteiger partial charge in [-0.1, -0.05) is 23.9 Å². The number of hydrogen-bond donors (Lipinski definition) is 0. The number of esters is 1. The zero-order valence-electron chi connectivity index (χ0n) is 15.4. The van der Waals surface area contributed by atoms with Crippen molar-refractivity contribution in [2.75, 3.05) is 6.61 Å². The number of para-hydroxylation sites is 1. The number of carbonyl (C=O) groups excluding carboxylic acids is 1. The number of aromatic nitrogens is 2. The van der Waals surface area contributed by atoms with Crippen LogP contribution in [0.15, 0.2) is 63.2 Å². The van der Waals surface area contributed by atoms with Gasteiger partial charge in [0.05, 0.1) is 12.4 Å². The number of hydrogen-bond acceptors (Lipinski definition) is 8. The molecule has 144 valence electrons. The lowest BCUT2D eigenvalue weighted by Gasteiger charge is -2.09. The monoisotopic (exact) mass is 398 g/mol. The Bertz CT molecular complexity index is 1030. The van der Waals surface area contributed by atoms with E-state index >= 15 is 0 Å². The van der Waals surface area contributed by atoms with Crippen molar-refractivity contribution in [1.82, 2.24) is 9.97 Å². The molecule has 0 saturated carbocycles. The maximum atomic E-state index is 12.4. The Morgan fingerprint density at radius 1 is 1.21 bits per heavy atom. The Morgan fingerprint density at radius 2 is 2.04 bits per heavy atom. The second kappa shape index (κ2) is 9.18. The molecule has 0 aliphatic heterocycles. The summed E-state index contributed by atoms with van der Waals surface area (Å²) in [5, 5.41) is 0.589. The molecule has 0 N–H and O–H groups in total. The molecule has 1 aromatic carbocycles. The summed E-state index contributed by atoms with van der Waals surface area (Å²) in [6.45, 7) is 4.09. The zero-order chi connectivity index (χ0) is 19.9. The summed E-state index contributed by atoms with van der Waals surface area (Å²) in [7, 11) is 0. The summed E-state index contributed by atoms with van der Waals surface area (Å²) < 4.78 is 16.0. The van der Waals surface area contributed by atoms with Gasteiger partial charge >= 0.3 is 5.97 Å². The van der Waals surface area contributed by atoms with Crippen LogP contribution >= 0.6 is 11.8 Å². The van der Waals surface area contributed by atoms with Crippen molar-refractivity contribution in [3.8, 4) is 11.5 Å². The van der Waals surface area contributed by atoms with E-state index in [-0.39, 0.29) is 11.3 Å². The van der Waals surface area contributed by atoms with E-state index in [9.17, 15) is 9.59 Å². The number of aryl methyl sites for hydroxylation is 1.